The molecule has 126 valence electrons. The molecule has 0 radical (unpaired) electrons. The van der Waals surface area contributed by atoms with Crippen LogP contribution in [0.3, 0.4) is 0 Å². The highest BCUT2D eigenvalue weighted by atomic mass is 127. The highest BCUT2D eigenvalue weighted by molar-refractivity contribution is 14.1. The van der Waals surface area contributed by atoms with E-state index in [1.165, 1.54) is 24.8 Å². The first-order valence-corrected chi connectivity index (χ1v) is 9.47. The first-order valence-electron chi connectivity index (χ1n) is 8.39. The molecule has 0 heterocycles. The predicted octanol–water partition coefficient (Wildman–Crippen LogP) is 6.56. The number of hydrogen-bond acceptors (Lipinski definition) is 1. The quantitative estimate of drug-likeness (QED) is 0.176. The minimum atomic E-state index is -0.246. The van der Waals surface area contributed by atoms with Gasteiger partial charge in [-0.1, -0.05) is 107 Å². The summed E-state index contributed by atoms with van der Waals surface area (Å²) in [6.07, 6.45) is 15.6. The lowest BCUT2D eigenvalue weighted by molar-refractivity contribution is 0.205. The van der Waals surface area contributed by atoms with Crippen LogP contribution in [0.1, 0.15) is 59.8 Å². The number of halogens is 1. The Labute approximate surface area is 152 Å². The summed E-state index contributed by atoms with van der Waals surface area (Å²) in [6.45, 7) is 16.9. The SMILES string of the molecule is C=C/C=C\C=C(/C=C)C(CC(C)(CC)CCC)C(N)(I)CC. The van der Waals surface area contributed by atoms with E-state index in [0.717, 1.165) is 12.8 Å². The van der Waals surface area contributed by atoms with Crippen molar-refractivity contribution in [1.29, 1.82) is 0 Å². The van der Waals surface area contributed by atoms with Gasteiger partial charge in [0, 0.05) is 5.92 Å². The lowest BCUT2D eigenvalue weighted by Gasteiger charge is -2.39. The second-order valence-corrected chi connectivity index (χ2v) is 8.45. The van der Waals surface area contributed by atoms with Crippen molar-refractivity contribution in [3.63, 3.8) is 0 Å². The van der Waals surface area contributed by atoms with Crippen molar-refractivity contribution < 1.29 is 0 Å². The van der Waals surface area contributed by atoms with E-state index in [-0.39, 0.29) is 3.55 Å². The van der Waals surface area contributed by atoms with Gasteiger partial charge < -0.3 is 5.73 Å². The maximum absolute atomic E-state index is 6.65. The molecule has 0 aliphatic rings. The van der Waals surface area contributed by atoms with E-state index in [1.54, 1.807) is 6.08 Å². The van der Waals surface area contributed by atoms with Crippen LogP contribution in [0.2, 0.25) is 0 Å². The molecule has 3 unspecified atom stereocenters. The van der Waals surface area contributed by atoms with Crippen molar-refractivity contribution in [2.45, 2.75) is 63.3 Å². The summed E-state index contributed by atoms with van der Waals surface area (Å²) < 4.78 is -0.246. The Morgan fingerprint density at radius 3 is 2.23 bits per heavy atom. The number of nitrogens with two attached hydrogens (primary N) is 1. The Hall–Kier alpha value is -0.350. The fraction of sp³-hybridized carbons (Fsp3) is 0.600. The van der Waals surface area contributed by atoms with Gasteiger partial charge in [-0.3, -0.25) is 0 Å². The zero-order chi connectivity index (χ0) is 17.2. The van der Waals surface area contributed by atoms with E-state index in [4.69, 9.17) is 5.73 Å². The third-order valence-electron chi connectivity index (χ3n) is 4.70. The number of allylic oxidation sites excluding steroid dienone is 5. The maximum atomic E-state index is 6.65. The lowest BCUT2D eigenvalue weighted by Crippen LogP contribution is -2.43. The van der Waals surface area contributed by atoms with Gasteiger partial charge in [-0.05, 0) is 30.3 Å². The number of rotatable bonds is 11. The fourth-order valence-corrected chi connectivity index (χ4v) is 3.48. The Bertz CT molecular complexity index is 406. The van der Waals surface area contributed by atoms with Gasteiger partial charge in [-0.15, -0.1) is 0 Å². The van der Waals surface area contributed by atoms with Gasteiger partial charge in [0.1, 0.15) is 0 Å². The van der Waals surface area contributed by atoms with Crippen molar-refractivity contribution >= 4 is 22.6 Å². The molecule has 0 aliphatic heterocycles. The maximum Gasteiger partial charge on any atom is 0.0747 e. The molecule has 0 aromatic heterocycles. The lowest BCUT2D eigenvalue weighted by atomic mass is 9.71. The van der Waals surface area contributed by atoms with E-state index >= 15 is 0 Å². The largest absolute Gasteiger partial charge is 0.316 e. The van der Waals surface area contributed by atoms with Gasteiger partial charge in [-0.2, -0.15) is 0 Å². The van der Waals surface area contributed by atoms with Crippen molar-refractivity contribution in [2.24, 2.45) is 17.1 Å². The van der Waals surface area contributed by atoms with Gasteiger partial charge >= 0.3 is 0 Å². The second-order valence-electron chi connectivity index (χ2n) is 6.44. The van der Waals surface area contributed by atoms with Crippen LogP contribution in [0.5, 0.6) is 0 Å². The molecule has 0 amide bonds. The molecule has 0 spiro atoms. The normalized spacial score (nSPS) is 19.5. The van der Waals surface area contributed by atoms with Gasteiger partial charge in [0.15, 0.2) is 0 Å². The first-order chi connectivity index (χ1) is 10.3. The summed E-state index contributed by atoms with van der Waals surface area (Å²) in [4.78, 5) is 0. The van der Waals surface area contributed by atoms with Crippen molar-refractivity contribution in [3.05, 3.63) is 49.1 Å². The minimum absolute atomic E-state index is 0.246. The highest BCUT2D eigenvalue weighted by Crippen LogP contribution is 2.44. The first kappa shape index (κ1) is 21.6. The summed E-state index contributed by atoms with van der Waals surface area (Å²) in [5, 5.41) is 0. The molecule has 0 aromatic rings. The molecule has 0 rings (SSSR count). The predicted molar refractivity (Wildman–Crippen MR) is 110 cm³/mol. The second kappa shape index (κ2) is 10.4. The van der Waals surface area contributed by atoms with Gasteiger partial charge in [0.05, 0.1) is 3.55 Å². The molecule has 2 heteroatoms. The van der Waals surface area contributed by atoms with Crippen LogP contribution in [0.4, 0.5) is 0 Å². The third kappa shape index (κ3) is 6.82. The van der Waals surface area contributed by atoms with Crippen molar-refractivity contribution in [1.82, 2.24) is 0 Å². The average molecular weight is 415 g/mol. The number of alkyl halides is 1. The summed E-state index contributed by atoms with van der Waals surface area (Å²) in [7, 11) is 0. The van der Waals surface area contributed by atoms with Crippen LogP contribution < -0.4 is 5.73 Å². The fourth-order valence-electron chi connectivity index (χ4n) is 2.90. The molecule has 3 atom stereocenters. The summed E-state index contributed by atoms with van der Waals surface area (Å²) in [6, 6.07) is 0. The van der Waals surface area contributed by atoms with E-state index in [1.807, 2.05) is 18.2 Å². The monoisotopic (exact) mass is 415 g/mol. The molecule has 0 saturated carbocycles. The molecule has 22 heavy (non-hydrogen) atoms. The molecule has 0 saturated heterocycles. The summed E-state index contributed by atoms with van der Waals surface area (Å²) in [5.74, 6) is 0.307. The Morgan fingerprint density at radius 2 is 1.82 bits per heavy atom. The summed E-state index contributed by atoms with van der Waals surface area (Å²) >= 11 is 2.43. The van der Waals surface area contributed by atoms with Crippen molar-refractivity contribution in [2.75, 3.05) is 0 Å². The molecular weight excluding hydrogens is 381 g/mol. The average Bonchev–Trinajstić information content (AvgIpc) is 2.50. The topological polar surface area (TPSA) is 26.0 Å². The van der Waals surface area contributed by atoms with E-state index in [0.29, 0.717) is 11.3 Å². The van der Waals surface area contributed by atoms with Crippen LogP contribution in [0.25, 0.3) is 0 Å². The smallest absolute Gasteiger partial charge is 0.0747 e. The van der Waals surface area contributed by atoms with Gasteiger partial charge in [-0.25, -0.2) is 0 Å². The molecule has 0 aliphatic carbocycles. The van der Waals surface area contributed by atoms with E-state index in [2.05, 4.69) is 69.5 Å². The summed E-state index contributed by atoms with van der Waals surface area (Å²) in [5.41, 5.74) is 8.21. The van der Waals surface area contributed by atoms with Crippen LogP contribution in [-0.4, -0.2) is 3.55 Å². The molecule has 2 N–H and O–H groups in total. The van der Waals surface area contributed by atoms with Crippen LogP contribution >= 0.6 is 22.6 Å². The molecule has 0 fully saturated rings. The third-order valence-corrected chi connectivity index (χ3v) is 6.21. The van der Waals surface area contributed by atoms with E-state index < -0.39 is 0 Å². The van der Waals surface area contributed by atoms with E-state index in [9.17, 15) is 0 Å². The van der Waals surface area contributed by atoms with Gasteiger partial charge in [0.2, 0.25) is 0 Å². The zero-order valence-electron chi connectivity index (χ0n) is 14.9. The Morgan fingerprint density at radius 1 is 1.18 bits per heavy atom. The molecular formula is C20H34IN. The van der Waals surface area contributed by atoms with Crippen LogP contribution in [0.15, 0.2) is 49.1 Å². The molecule has 0 bridgehead atoms. The van der Waals surface area contributed by atoms with Crippen molar-refractivity contribution in [3.8, 4) is 0 Å². The molecule has 1 nitrogen and oxygen atoms in total. The highest BCUT2D eigenvalue weighted by Gasteiger charge is 2.37. The van der Waals surface area contributed by atoms with Crippen LogP contribution in [0, 0.1) is 11.3 Å². The van der Waals surface area contributed by atoms with Crippen LogP contribution in [-0.2, 0) is 0 Å². The standard InChI is InChI=1S/C20H34IN/c1-7-12-13-14-17(9-3)18(20(21,22)11-5)16-19(6,10-4)15-8-2/h7,9,12-14,18H,1,3,8,10-11,15-16,22H2,2,4-6H3/b13-12-,17-14+. The Balaban J connectivity index is 5.63. The Kier molecular flexibility index (Phi) is 10.3. The number of hydrogen-bond donors (Lipinski definition) is 1. The zero-order valence-corrected chi connectivity index (χ0v) is 17.0. The molecule has 0 aromatic carbocycles. The van der Waals surface area contributed by atoms with Gasteiger partial charge in [0.25, 0.3) is 0 Å². The minimum Gasteiger partial charge on any atom is -0.316 e.